The summed E-state index contributed by atoms with van der Waals surface area (Å²) in [5, 5.41) is 0. The number of carbonyl (C=O) groups excluding carboxylic acids is 1. The van der Waals surface area contributed by atoms with Crippen molar-refractivity contribution in [2.24, 2.45) is 11.3 Å². The number of rotatable bonds is 4. The quantitative estimate of drug-likeness (QED) is 0.832. The molecule has 4 heteroatoms. The highest BCUT2D eigenvalue weighted by Gasteiger charge is 2.55. The van der Waals surface area contributed by atoms with Crippen molar-refractivity contribution in [2.45, 2.75) is 77.2 Å². The molecule has 4 rings (SSSR count). The van der Waals surface area contributed by atoms with Crippen molar-refractivity contribution in [3.8, 4) is 0 Å². The summed E-state index contributed by atoms with van der Waals surface area (Å²) in [4.78, 5) is 23.2. The van der Waals surface area contributed by atoms with Crippen LogP contribution >= 0.6 is 0 Å². The van der Waals surface area contributed by atoms with Crippen LogP contribution in [-0.4, -0.2) is 39.8 Å². The minimum atomic E-state index is 0.375. The van der Waals surface area contributed by atoms with Crippen LogP contribution in [0.5, 0.6) is 0 Å². The lowest BCUT2D eigenvalue weighted by atomic mass is 9.49. The third-order valence-corrected chi connectivity index (χ3v) is 7.00. The average molecular weight is 341 g/mol. The molecular formula is C21H31N3O. The molecule has 1 aliphatic heterocycles. The van der Waals surface area contributed by atoms with Gasteiger partial charge < -0.3 is 4.90 Å². The van der Waals surface area contributed by atoms with Crippen molar-refractivity contribution in [2.75, 3.05) is 13.1 Å². The van der Waals surface area contributed by atoms with Crippen molar-refractivity contribution in [3.63, 3.8) is 0 Å². The highest BCUT2D eigenvalue weighted by molar-refractivity contribution is 5.79. The molecule has 3 fully saturated rings. The molecule has 0 amide bonds. The maximum Gasteiger partial charge on any atom is 0.132 e. The average Bonchev–Trinajstić information content (AvgIpc) is 2.52. The zero-order valence-electron chi connectivity index (χ0n) is 15.9. The van der Waals surface area contributed by atoms with Gasteiger partial charge in [-0.2, -0.15) is 0 Å². The first kappa shape index (κ1) is 17.1. The van der Waals surface area contributed by atoms with Gasteiger partial charge in [-0.05, 0) is 75.4 Å². The molecule has 136 valence electrons. The maximum atomic E-state index is 11.4. The molecule has 0 radical (unpaired) electrons. The standard InChI is InChI=1S/C21H31N3O/c1-14(2)20-22-12-18(13-23-20)16-4-6-24(7-5-16)19-10-21(11-19)8-17(9-21)15(3)25/h12-14,16-17,19H,4-11H2,1-3H3/t17-,19-,21?. The summed E-state index contributed by atoms with van der Waals surface area (Å²) in [6, 6.07) is 0.772. The number of carbonyl (C=O) groups is 1. The van der Waals surface area contributed by atoms with Gasteiger partial charge >= 0.3 is 0 Å². The van der Waals surface area contributed by atoms with Crippen molar-refractivity contribution >= 4 is 5.78 Å². The van der Waals surface area contributed by atoms with Crippen molar-refractivity contribution < 1.29 is 4.79 Å². The SMILES string of the molecule is CC(=O)[C@H]1CC2(C1)C[C@H](N1CCC(c3cnc(C(C)C)nc3)CC1)C2. The van der Waals surface area contributed by atoms with Crippen LogP contribution in [0.3, 0.4) is 0 Å². The highest BCUT2D eigenvalue weighted by atomic mass is 16.1. The van der Waals surface area contributed by atoms with Crippen molar-refractivity contribution in [1.82, 2.24) is 14.9 Å². The number of piperidine rings is 1. The second kappa shape index (κ2) is 6.46. The zero-order valence-corrected chi connectivity index (χ0v) is 15.9. The Morgan fingerprint density at radius 2 is 1.72 bits per heavy atom. The van der Waals surface area contributed by atoms with Gasteiger partial charge in [-0.3, -0.25) is 4.79 Å². The molecule has 3 aliphatic rings. The molecule has 2 aliphatic carbocycles. The number of aromatic nitrogens is 2. The molecule has 4 nitrogen and oxygen atoms in total. The van der Waals surface area contributed by atoms with E-state index in [0.29, 0.717) is 29.0 Å². The predicted octanol–water partition coefficient (Wildman–Crippen LogP) is 3.93. The Morgan fingerprint density at radius 1 is 1.12 bits per heavy atom. The number of Topliss-reactive ketones (excluding diaryl/α,β-unsaturated/α-hetero) is 1. The van der Waals surface area contributed by atoms with Gasteiger partial charge in [0.15, 0.2) is 0 Å². The minimum absolute atomic E-state index is 0.375. The van der Waals surface area contributed by atoms with Gasteiger partial charge in [0.2, 0.25) is 0 Å². The van der Waals surface area contributed by atoms with E-state index in [4.69, 9.17) is 0 Å². The number of hydrogen-bond donors (Lipinski definition) is 0. The number of ketones is 1. The molecule has 2 heterocycles. The third-order valence-electron chi connectivity index (χ3n) is 7.00. The second-order valence-corrected chi connectivity index (χ2v) is 9.12. The molecule has 25 heavy (non-hydrogen) atoms. The normalized spacial score (nSPS) is 33.3. The lowest BCUT2D eigenvalue weighted by Crippen LogP contribution is -2.58. The van der Waals surface area contributed by atoms with Gasteiger partial charge in [-0.15, -0.1) is 0 Å². The van der Waals surface area contributed by atoms with Crippen molar-refractivity contribution in [1.29, 1.82) is 0 Å². The Labute approximate surface area is 151 Å². The third kappa shape index (κ3) is 3.25. The Balaban J connectivity index is 1.25. The predicted molar refractivity (Wildman–Crippen MR) is 98.5 cm³/mol. The minimum Gasteiger partial charge on any atom is -0.300 e. The topological polar surface area (TPSA) is 46.1 Å². The molecule has 1 aromatic rings. The Bertz CT molecular complexity index is 617. The summed E-state index contributed by atoms with van der Waals surface area (Å²) in [6.45, 7) is 8.44. The maximum absolute atomic E-state index is 11.4. The van der Waals surface area contributed by atoms with Gasteiger partial charge in [-0.1, -0.05) is 13.8 Å². The van der Waals surface area contributed by atoms with E-state index in [2.05, 4.69) is 41.1 Å². The summed E-state index contributed by atoms with van der Waals surface area (Å²) in [5.41, 5.74) is 1.86. The summed E-state index contributed by atoms with van der Waals surface area (Å²) >= 11 is 0. The monoisotopic (exact) mass is 341 g/mol. The lowest BCUT2D eigenvalue weighted by molar-refractivity contribution is -0.139. The number of likely N-dealkylation sites (tertiary alicyclic amines) is 1. The van der Waals surface area contributed by atoms with Crippen molar-refractivity contribution in [3.05, 3.63) is 23.8 Å². The Kier molecular flexibility index (Phi) is 4.43. The zero-order chi connectivity index (χ0) is 17.6. The van der Waals surface area contributed by atoms with Crippen LogP contribution in [0, 0.1) is 11.3 Å². The molecule has 0 unspecified atom stereocenters. The fourth-order valence-corrected chi connectivity index (χ4v) is 5.26. The summed E-state index contributed by atoms with van der Waals surface area (Å²) < 4.78 is 0. The van der Waals surface area contributed by atoms with Crippen LogP contribution in [0.4, 0.5) is 0 Å². The molecule has 1 spiro atoms. The first-order chi connectivity index (χ1) is 12.0. The molecular weight excluding hydrogens is 310 g/mol. The van der Waals surface area contributed by atoms with E-state index in [0.717, 1.165) is 24.7 Å². The van der Waals surface area contributed by atoms with Gasteiger partial charge in [-0.25, -0.2) is 9.97 Å². The van der Waals surface area contributed by atoms with E-state index < -0.39 is 0 Å². The summed E-state index contributed by atoms with van der Waals surface area (Å²) in [6.07, 6.45) is 11.5. The molecule has 0 bridgehead atoms. The molecule has 2 saturated carbocycles. The van der Waals surface area contributed by atoms with Crippen LogP contribution < -0.4 is 0 Å². The fourth-order valence-electron chi connectivity index (χ4n) is 5.26. The molecule has 0 atom stereocenters. The van der Waals surface area contributed by atoms with Crippen LogP contribution in [-0.2, 0) is 4.79 Å². The van der Waals surface area contributed by atoms with Crippen LogP contribution in [0.1, 0.15) is 82.5 Å². The Hall–Kier alpha value is -1.29. The largest absolute Gasteiger partial charge is 0.300 e. The summed E-state index contributed by atoms with van der Waals surface area (Å²) in [5.74, 6) is 2.75. The number of hydrogen-bond acceptors (Lipinski definition) is 4. The lowest BCUT2D eigenvalue weighted by Gasteiger charge is -2.60. The molecule has 1 aromatic heterocycles. The fraction of sp³-hybridized carbons (Fsp3) is 0.762. The molecule has 0 N–H and O–H groups in total. The van der Waals surface area contributed by atoms with Gasteiger partial charge in [0.25, 0.3) is 0 Å². The molecule has 0 aromatic carbocycles. The van der Waals surface area contributed by atoms with Crippen LogP contribution in [0.2, 0.25) is 0 Å². The van der Waals surface area contributed by atoms with Gasteiger partial charge in [0.1, 0.15) is 11.6 Å². The van der Waals surface area contributed by atoms with Crippen LogP contribution in [0.15, 0.2) is 12.4 Å². The molecule has 1 saturated heterocycles. The van der Waals surface area contributed by atoms with E-state index in [9.17, 15) is 4.79 Å². The van der Waals surface area contributed by atoms with Gasteiger partial charge in [0, 0.05) is 30.3 Å². The van der Waals surface area contributed by atoms with E-state index in [1.54, 1.807) is 6.92 Å². The number of nitrogens with zero attached hydrogens (tertiary/aromatic N) is 3. The first-order valence-electron chi connectivity index (χ1n) is 10.0. The van der Waals surface area contributed by atoms with E-state index in [1.165, 1.54) is 44.3 Å². The second-order valence-electron chi connectivity index (χ2n) is 9.12. The van der Waals surface area contributed by atoms with E-state index in [-0.39, 0.29) is 0 Å². The highest BCUT2D eigenvalue weighted by Crippen LogP contribution is 2.60. The summed E-state index contributed by atoms with van der Waals surface area (Å²) in [7, 11) is 0. The van der Waals surface area contributed by atoms with E-state index in [1.807, 2.05) is 0 Å². The smallest absolute Gasteiger partial charge is 0.132 e. The first-order valence-corrected chi connectivity index (χ1v) is 10.0. The Morgan fingerprint density at radius 3 is 2.24 bits per heavy atom. The van der Waals surface area contributed by atoms with Crippen LogP contribution in [0.25, 0.3) is 0 Å². The van der Waals surface area contributed by atoms with E-state index >= 15 is 0 Å². The van der Waals surface area contributed by atoms with Gasteiger partial charge in [0.05, 0.1) is 0 Å².